The first-order valence-electron chi connectivity index (χ1n) is 8.30. The fraction of sp³-hybridized carbons (Fsp3) is 0.368. The Morgan fingerprint density at radius 2 is 2.13 bits per heavy atom. The third kappa shape index (κ3) is 3.13. The highest BCUT2D eigenvalue weighted by Gasteiger charge is 2.23. The number of pyridine rings is 1. The Morgan fingerprint density at radius 3 is 3.00 bits per heavy atom. The number of aromatic nitrogens is 3. The van der Waals surface area contributed by atoms with Gasteiger partial charge in [0.25, 0.3) is 0 Å². The Labute approximate surface area is 136 Å². The first kappa shape index (κ1) is 14.4. The molecule has 1 aromatic carbocycles. The van der Waals surface area contributed by atoms with Crippen molar-refractivity contribution >= 4 is 10.9 Å². The maximum atomic E-state index is 4.59. The van der Waals surface area contributed by atoms with Crippen LogP contribution in [0.1, 0.15) is 17.8 Å². The van der Waals surface area contributed by atoms with E-state index in [9.17, 15) is 0 Å². The van der Waals surface area contributed by atoms with Crippen LogP contribution < -0.4 is 0 Å². The van der Waals surface area contributed by atoms with Crippen LogP contribution >= 0.6 is 0 Å². The molecule has 0 radical (unpaired) electrons. The molecule has 1 atom stereocenters. The lowest BCUT2D eigenvalue weighted by Gasteiger charge is -2.15. The van der Waals surface area contributed by atoms with Gasteiger partial charge in [0.2, 0.25) is 0 Å². The Morgan fingerprint density at radius 1 is 1.22 bits per heavy atom. The van der Waals surface area contributed by atoms with Crippen molar-refractivity contribution in [3.63, 3.8) is 0 Å². The average Bonchev–Trinajstić information content (AvgIpc) is 3.17. The van der Waals surface area contributed by atoms with E-state index in [1.54, 1.807) is 0 Å². The summed E-state index contributed by atoms with van der Waals surface area (Å²) in [6.07, 6.45) is 8.32. The minimum Gasteiger partial charge on any atom is -0.337 e. The van der Waals surface area contributed by atoms with Crippen LogP contribution in [0.2, 0.25) is 0 Å². The van der Waals surface area contributed by atoms with E-state index in [-0.39, 0.29) is 0 Å². The van der Waals surface area contributed by atoms with E-state index in [4.69, 9.17) is 0 Å². The van der Waals surface area contributed by atoms with Crippen LogP contribution in [0.4, 0.5) is 0 Å². The van der Waals surface area contributed by atoms with E-state index < -0.39 is 0 Å². The smallest absolute Gasteiger partial charge is 0.122 e. The van der Waals surface area contributed by atoms with Crippen LogP contribution in [0.3, 0.4) is 0 Å². The van der Waals surface area contributed by atoms with E-state index in [0.29, 0.717) is 0 Å². The highest BCUT2D eigenvalue weighted by Crippen LogP contribution is 2.23. The van der Waals surface area contributed by atoms with Gasteiger partial charge in [0.05, 0.1) is 12.1 Å². The lowest BCUT2D eigenvalue weighted by Crippen LogP contribution is -2.22. The number of hydrogen-bond acceptors (Lipinski definition) is 3. The summed E-state index contributed by atoms with van der Waals surface area (Å²) >= 11 is 0. The van der Waals surface area contributed by atoms with Crippen LogP contribution in [-0.4, -0.2) is 32.5 Å². The minimum absolute atomic E-state index is 0.721. The van der Waals surface area contributed by atoms with Gasteiger partial charge in [-0.1, -0.05) is 18.2 Å². The molecule has 0 spiro atoms. The maximum Gasteiger partial charge on any atom is 0.122 e. The summed E-state index contributed by atoms with van der Waals surface area (Å²) in [7, 11) is 2.07. The molecule has 2 aromatic heterocycles. The van der Waals surface area contributed by atoms with Crippen LogP contribution in [0, 0.1) is 5.92 Å². The van der Waals surface area contributed by atoms with Crippen molar-refractivity contribution in [3.05, 3.63) is 60.3 Å². The fourth-order valence-electron chi connectivity index (χ4n) is 3.53. The molecule has 0 bridgehead atoms. The van der Waals surface area contributed by atoms with Gasteiger partial charge in [-0.15, -0.1) is 0 Å². The van der Waals surface area contributed by atoms with Crippen molar-refractivity contribution in [2.24, 2.45) is 13.0 Å². The van der Waals surface area contributed by atoms with Crippen molar-refractivity contribution in [1.82, 2.24) is 19.4 Å². The number of likely N-dealkylation sites (tertiary alicyclic amines) is 1. The first-order valence-corrected chi connectivity index (χ1v) is 8.30. The summed E-state index contributed by atoms with van der Waals surface area (Å²) in [6.45, 7) is 3.27. The predicted molar refractivity (Wildman–Crippen MR) is 92.0 cm³/mol. The van der Waals surface area contributed by atoms with E-state index in [1.165, 1.54) is 23.9 Å². The van der Waals surface area contributed by atoms with Gasteiger partial charge in [0.1, 0.15) is 5.82 Å². The molecule has 1 saturated heterocycles. The second kappa shape index (κ2) is 6.13. The molecule has 4 rings (SSSR count). The number of aryl methyl sites for hydroxylation is 1. The molecule has 3 aromatic rings. The van der Waals surface area contributed by atoms with Crippen molar-refractivity contribution in [1.29, 1.82) is 0 Å². The molecule has 0 N–H and O–H groups in total. The van der Waals surface area contributed by atoms with Gasteiger partial charge in [-0.3, -0.25) is 9.88 Å². The van der Waals surface area contributed by atoms with E-state index in [0.717, 1.165) is 36.8 Å². The standard InChI is InChI=1S/C19H22N4/c1-22-9-7-20-19(22)14-23-8-6-15(13-23)10-16-11-17-4-2-3-5-18(17)21-12-16/h2-5,7,9,11-12,15H,6,8,10,13-14H2,1H3/t15-/m1/s1. The topological polar surface area (TPSA) is 34.0 Å². The second-order valence-corrected chi connectivity index (χ2v) is 6.58. The van der Waals surface area contributed by atoms with E-state index in [2.05, 4.69) is 50.7 Å². The summed E-state index contributed by atoms with van der Waals surface area (Å²) < 4.78 is 2.11. The van der Waals surface area contributed by atoms with Crippen LogP contribution in [-0.2, 0) is 20.0 Å². The molecule has 118 valence electrons. The molecule has 4 heteroatoms. The highest BCUT2D eigenvalue weighted by atomic mass is 15.2. The summed E-state index contributed by atoms with van der Waals surface area (Å²) in [5.74, 6) is 1.87. The van der Waals surface area contributed by atoms with Crippen LogP contribution in [0.15, 0.2) is 48.9 Å². The number of fused-ring (bicyclic) bond motifs is 1. The van der Waals surface area contributed by atoms with Crippen molar-refractivity contribution < 1.29 is 0 Å². The van der Waals surface area contributed by atoms with Crippen LogP contribution in [0.25, 0.3) is 10.9 Å². The number of para-hydroxylation sites is 1. The van der Waals surface area contributed by atoms with Gasteiger partial charge >= 0.3 is 0 Å². The summed E-state index contributed by atoms with van der Waals surface area (Å²) in [5.41, 5.74) is 2.44. The normalized spacial score (nSPS) is 18.7. The largest absolute Gasteiger partial charge is 0.337 e. The van der Waals surface area contributed by atoms with Gasteiger partial charge in [0.15, 0.2) is 0 Å². The molecule has 23 heavy (non-hydrogen) atoms. The Bertz CT molecular complexity index is 808. The number of benzene rings is 1. The van der Waals surface area contributed by atoms with Crippen LogP contribution in [0.5, 0.6) is 0 Å². The van der Waals surface area contributed by atoms with Crippen molar-refractivity contribution in [2.75, 3.05) is 13.1 Å². The molecule has 1 aliphatic rings. The number of hydrogen-bond donors (Lipinski definition) is 0. The first-order chi connectivity index (χ1) is 11.3. The Balaban J connectivity index is 1.40. The van der Waals surface area contributed by atoms with Gasteiger partial charge < -0.3 is 4.57 Å². The zero-order valence-corrected chi connectivity index (χ0v) is 13.5. The zero-order chi connectivity index (χ0) is 15.6. The molecule has 4 nitrogen and oxygen atoms in total. The molecule has 1 aliphatic heterocycles. The van der Waals surface area contributed by atoms with Gasteiger partial charge in [-0.2, -0.15) is 0 Å². The van der Waals surface area contributed by atoms with Crippen molar-refractivity contribution in [2.45, 2.75) is 19.4 Å². The molecule has 0 saturated carbocycles. The van der Waals surface area contributed by atoms with Gasteiger partial charge in [-0.05, 0) is 43.0 Å². The minimum atomic E-state index is 0.721. The molecular formula is C19H22N4. The molecular weight excluding hydrogens is 284 g/mol. The highest BCUT2D eigenvalue weighted by molar-refractivity contribution is 5.78. The maximum absolute atomic E-state index is 4.59. The SMILES string of the molecule is Cn1ccnc1CN1CC[C@H](Cc2cnc3ccccc3c2)C1. The number of rotatable bonds is 4. The third-order valence-electron chi connectivity index (χ3n) is 4.83. The van der Waals surface area contributed by atoms with Gasteiger partial charge in [0, 0.05) is 37.6 Å². The van der Waals surface area contributed by atoms with E-state index in [1.807, 2.05) is 24.7 Å². The van der Waals surface area contributed by atoms with Crippen molar-refractivity contribution in [3.8, 4) is 0 Å². The van der Waals surface area contributed by atoms with Gasteiger partial charge in [-0.25, -0.2) is 4.98 Å². The monoisotopic (exact) mass is 306 g/mol. The summed E-state index contributed by atoms with van der Waals surface area (Å²) in [5, 5.41) is 1.24. The average molecular weight is 306 g/mol. The number of imidazole rings is 1. The summed E-state index contributed by atoms with van der Waals surface area (Å²) in [4.78, 5) is 11.5. The zero-order valence-electron chi connectivity index (χ0n) is 13.5. The van der Waals surface area contributed by atoms with E-state index >= 15 is 0 Å². The molecule has 0 amide bonds. The molecule has 0 aliphatic carbocycles. The number of nitrogens with zero attached hydrogens (tertiary/aromatic N) is 4. The molecule has 3 heterocycles. The Kier molecular flexibility index (Phi) is 3.83. The predicted octanol–water partition coefficient (Wildman–Crippen LogP) is 3.03. The lowest BCUT2D eigenvalue weighted by molar-refractivity contribution is 0.305. The quantitative estimate of drug-likeness (QED) is 0.743. The second-order valence-electron chi connectivity index (χ2n) is 6.58. The molecule has 1 fully saturated rings. The summed E-state index contributed by atoms with van der Waals surface area (Å²) in [6, 6.07) is 10.6. The molecule has 0 unspecified atom stereocenters. The lowest BCUT2D eigenvalue weighted by atomic mass is 9.99. The Hall–Kier alpha value is -2.20. The third-order valence-corrected chi connectivity index (χ3v) is 4.83. The fourth-order valence-corrected chi connectivity index (χ4v) is 3.53.